The fourth-order valence-corrected chi connectivity index (χ4v) is 6.86. The van der Waals surface area contributed by atoms with Crippen LogP contribution in [0.5, 0.6) is 0 Å². The van der Waals surface area contributed by atoms with E-state index in [1.165, 1.54) is 40.0 Å². The van der Waals surface area contributed by atoms with Gasteiger partial charge in [-0.05, 0) is 49.2 Å². The number of fused-ring (bicyclic) bond motifs is 1. The van der Waals surface area contributed by atoms with Crippen LogP contribution in [0.15, 0.2) is 103 Å². The Kier molecular flexibility index (Phi) is 5.24. The maximum Gasteiger partial charge on any atom is 0.0705 e. The summed E-state index contributed by atoms with van der Waals surface area (Å²) in [7, 11) is -0.390. The Hall–Kier alpha value is -2.76. The van der Waals surface area contributed by atoms with Crippen molar-refractivity contribution in [2.24, 2.45) is 0 Å². The van der Waals surface area contributed by atoms with Gasteiger partial charge in [0.05, 0.1) is 5.69 Å². The van der Waals surface area contributed by atoms with Crippen molar-refractivity contribution in [1.29, 1.82) is 0 Å². The smallest absolute Gasteiger partial charge is 0.0705 e. The predicted molar refractivity (Wildman–Crippen MR) is 125 cm³/mol. The topological polar surface area (TPSA) is 12.9 Å². The van der Waals surface area contributed by atoms with Crippen LogP contribution in [-0.2, 0) is 6.42 Å². The van der Waals surface area contributed by atoms with E-state index >= 15 is 0 Å². The molecule has 0 spiro atoms. The predicted octanol–water partition coefficient (Wildman–Crippen LogP) is 5.91. The molecule has 0 N–H and O–H groups in total. The van der Waals surface area contributed by atoms with E-state index in [4.69, 9.17) is 4.98 Å². The Morgan fingerprint density at radius 2 is 1.28 bits per heavy atom. The number of hydrogen-bond donors (Lipinski definition) is 0. The van der Waals surface area contributed by atoms with Crippen molar-refractivity contribution in [3.05, 3.63) is 114 Å². The highest BCUT2D eigenvalue weighted by Crippen LogP contribution is 2.44. The molecular formula is C27H24NP. The molecule has 0 saturated heterocycles. The summed E-state index contributed by atoms with van der Waals surface area (Å²) in [4.78, 5) is 5.16. The molecule has 1 aromatic heterocycles. The van der Waals surface area contributed by atoms with Gasteiger partial charge in [0.2, 0.25) is 0 Å². The summed E-state index contributed by atoms with van der Waals surface area (Å²) in [5.74, 6) is 0.528. The first-order chi connectivity index (χ1) is 14.4. The zero-order valence-electron chi connectivity index (χ0n) is 16.4. The molecule has 0 unspecified atom stereocenters. The number of nitrogens with zero attached hydrogens (tertiary/aromatic N) is 1. The Morgan fingerprint density at radius 3 is 1.90 bits per heavy atom. The van der Waals surface area contributed by atoms with Gasteiger partial charge in [-0.1, -0.05) is 97.1 Å². The zero-order valence-corrected chi connectivity index (χ0v) is 17.3. The molecule has 1 aliphatic rings. The average Bonchev–Trinajstić information content (AvgIpc) is 3.21. The highest BCUT2D eigenvalue weighted by molar-refractivity contribution is 7.73. The average molecular weight is 393 g/mol. The van der Waals surface area contributed by atoms with Gasteiger partial charge in [-0.3, -0.25) is 4.98 Å². The largest absolute Gasteiger partial charge is 0.252 e. The first-order valence-electron chi connectivity index (χ1n) is 10.3. The maximum absolute atomic E-state index is 5.16. The first-order valence-corrected chi connectivity index (χ1v) is 11.8. The molecule has 29 heavy (non-hydrogen) atoms. The van der Waals surface area contributed by atoms with Crippen molar-refractivity contribution < 1.29 is 0 Å². The minimum atomic E-state index is -0.390. The highest BCUT2D eigenvalue weighted by atomic mass is 31.1. The second-order valence-electron chi connectivity index (χ2n) is 7.62. The van der Waals surface area contributed by atoms with E-state index in [1.54, 1.807) is 0 Å². The molecule has 0 radical (unpaired) electrons. The van der Waals surface area contributed by atoms with Crippen LogP contribution in [0, 0.1) is 0 Å². The van der Waals surface area contributed by atoms with E-state index in [9.17, 15) is 0 Å². The molecule has 1 atom stereocenters. The summed E-state index contributed by atoms with van der Waals surface area (Å²) >= 11 is 0. The summed E-state index contributed by atoms with van der Waals surface area (Å²) in [5, 5.41) is 2.92. The lowest BCUT2D eigenvalue weighted by Crippen LogP contribution is -2.17. The Balaban J connectivity index is 1.49. The second-order valence-corrected chi connectivity index (χ2v) is 9.88. The van der Waals surface area contributed by atoms with Crippen LogP contribution in [0.2, 0.25) is 0 Å². The fraction of sp³-hybridized carbons (Fsp3) is 0.148. The Labute approximate surface area is 174 Å². The molecule has 1 aliphatic carbocycles. The van der Waals surface area contributed by atoms with Gasteiger partial charge < -0.3 is 0 Å². The molecule has 1 heterocycles. The van der Waals surface area contributed by atoms with Crippen LogP contribution in [0.3, 0.4) is 0 Å². The third-order valence-electron chi connectivity index (χ3n) is 5.77. The molecule has 0 aliphatic heterocycles. The van der Waals surface area contributed by atoms with Crippen LogP contribution < -0.4 is 10.6 Å². The third-order valence-corrected chi connectivity index (χ3v) is 8.42. The molecule has 0 amide bonds. The molecule has 142 valence electrons. The van der Waals surface area contributed by atoms with E-state index < -0.39 is 7.92 Å². The summed E-state index contributed by atoms with van der Waals surface area (Å²) in [6.45, 7) is 0. The fourth-order valence-electron chi connectivity index (χ4n) is 4.28. The molecule has 1 nitrogen and oxygen atoms in total. The van der Waals surface area contributed by atoms with Crippen LogP contribution >= 0.6 is 7.92 Å². The van der Waals surface area contributed by atoms with Crippen LogP contribution in [0.1, 0.15) is 23.6 Å². The highest BCUT2D eigenvalue weighted by Gasteiger charge is 2.28. The van der Waals surface area contributed by atoms with Gasteiger partial charge in [0.15, 0.2) is 0 Å². The first kappa shape index (κ1) is 18.3. The van der Waals surface area contributed by atoms with Crippen molar-refractivity contribution >= 4 is 18.5 Å². The molecule has 3 aromatic carbocycles. The minimum Gasteiger partial charge on any atom is -0.252 e. The summed E-state index contributed by atoms with van der Waals surface area (Å²) < 4.78 is 0. The number of pyridine rings is 1. The lowest BCUT2D eigenvalue weighted by atomic mass is 10.1. The van der Waals surface area contributed by atoms with Gasteiger partial charge in [-0.15, -0.1) is 0 Å². The molecule has 2 heteroatoms. The third kappa shape index (κ3) is 3.88. The van der Waals surface area contributed by atoms with Gasteiger partial charge in [0, 0.05) is 17.2 Å². The van der Waals surface area contributed by atoms with Gasteiger partial charge in [-0.25, -0.2) is 0 Å². The Morgan fingerprint density at radius 1 is 0.690 bits per heavy atom. The van der Waals surface area contributed by atoms with E-state index in [-0.39, 0.29) is 0 Å². The monoisotopic (exact) mass is 393 g/mol. The molecule has 0 bridgehead atoms. The number of aromatic nitrogens is 1. The van der Waals surface area contributed by atoms with Crippen molar-refractivity contribution in [2.45, 2.75) is 18.8 Å². The van der Waals surface area contributed by atoms with Crippen molar-refractivity contribution in [1.82, 2.24) is 4.98 Å². The van der Waals surface area contributed by atoms with E-state index in [1.807, 2.05) is 0 Å². The second kappa shape index (κ2) is 8.31. The number of benzene rings is 3. The standard InChI is InChI=1S/C27H24NP/c1-4-10-21(11-5-1)26-19-18-22-16-17-23(27(22)28-26)20-29(24-12-6-2-7-13-24)25-14-8-3-9-15-25/h1-15,18-19,23H,16-17,20H2/t23-/m1/s1. The van der Waals surface area contributed by atoms with Gasteiger partial charge in [0.1, 0.15) is 0 Å². The van der Waals surface area contributed by atoms with Crippen LogP contribution in [0.25, 0.3) is 11.3 Å². The van der Waals surface area contributed by atoms with Gasteiger partial charge in [0.25, 0.3) is 0 Å². The van der Waals surface area contributed by atoms with Gasteiger partial charge >= 0.3 is 0 Å². The Bertz CT molecular complexity index is 1040. The molecule has 4 aromatic rings. The van der Waals surface area contributed by atoms with Gasteiger partial charge in [-0.2, -0.15) is 0 Å². The number of hydrogen-bond acceptors (Lipinski definition) is 1. The number of aryl methyl sites for hydroxylation is 1. The van der Waals surface area contributed by atoms with Crippen LogP contribution in [0.4, 0.5) is 0 Å². The quantitative estimate of drug-likeness (QED) is 0.384. The molecule has 0 fully saturated rings. The van der Waals surface area contributed by atoms with Crippen molar-refractivity contribution in [3.8, 4) is 11.3 Å². The normalized spacial score (nSPS) is 15.4. The number of rotatable bonds is 5. The summed E-state index contributed by atoms with van der Waals surface area (Å²) in [5.41, 5.74) is 5.06. The van der Waals surface area contributed by atoms with Crippen molar-refractivity contribution in [3.63, 3.8) is 0 Å². The molecular weight excluding hydrogens is 369 g/mol. The van der Waals surface area contributed by atoms with Crippen LogP contribution in [-0.4, -0.2) is 11.1 Å². The summed E-state index contributed by atoms with van der Waals surface area (Å²) in [6, 6.07) is 37.1. The SMILES string of the molecule is c1ccc(-c2ccc3c(n2)[C@@H](CP(c2ccccc2)c2ccccc2)CC3)cc1. The zero-order chi connectivity index (χ0) is 19.5. The summed E-state index contributed by atoms with van der Waals surface area (Å²) in [6.07, 6.45) is 3.52. The molecule has 0 saturated carbocycles. The maximum atomic E-state index is 5.16. The van der Waals surface area contributed by atoms with E-state index in [2.05, 4.69) is 103 Å². The van der Waals surface area contributed by atoms with Crippen molar-refractivity contribution in [2.75, 3.05) is 6.16 Å². The van der Waals surface area contributed by atoms with E-state index in [0.29, 0.717) is 5.92 Å². The lowest BCUT2D eigenvalue weighted by Gasteiger charge is -2.23. The van der Waals surface area contributed by atoms with E-state index in [0.717, 1.165) is 12.1 Å². The minimum absolute atomic E-state index is 0.390. The molecule has 5 rings (SSSR count). The lowest BCUT2D eigenvalue weighted by molar-refractivity contribution is 0.739.